The monoisotopic (exact) mass is 741 g/mol. The molecule has 1 heterocycles. The highest BCUT2D eigenvalue weighted by Crippen LogP contribution is 2.38. The second-order valence-corrected chi connectivity index (χ2v) is 12.3. The molecule has 0 radical (unpaired) electrons. The molecule has 0 spiro atoms. The van der Waals surface area contributed by atoms with Crippen molar-refractivity contribution in [1.29, 1.82) is 10.5 Å². The number of fused-ring (bicyclic) bond motifs is 2. The molecule has 0 bridgehead atoms. The number of nitriles is 2. The van der Waals surface area contributed by atoms with E-state index in [1.807, 2.05) is 36.4 Å². The molecule has 0 fully saturated rings. The number of rotatable bonds is 6. The molecule has 38 heavy (non-hydrogen) atoms. The summed E-state index contributed by atoms with van der Waals surface area (Å²) in [5.74, 6) is 0.256. The molecule has 5 rings (SSSR count). The first-order valence-corrected chi connectivity index (χ1v) is 15.0. The summed E-state index contributed by atoms with van der Waals surface area (Å²) in [4.78, 5) is 14.2. The predicted octanol–water partition coefficient (Wildman–Crippen LogP) is 7.99. The third kappa shape index (κ3) is 5.58. The van der Waals surface area contributed by atoms with Gasteiger partial charge in [0.25, 0.3) is 5.91 Å². The number of nitrogens with zero attached hydrogens (tertiary/aromatic N) is 2. The molecule has 0 aliphatic heterocycles. The number of hydrogen-bond donors (Lipinski definition) is 1. The molecule has 3 aromatic carbocycles. The maximum absolute atomic E-state index is 13.0. The van der Waals surface area contributed by atoms with E-state index < -0.39 is 5.91 Å². The Morgan fingerprint density at radius 1 is 1.05 bits per heavy atom. The molecule has 0 saturated heterocycles. The first-order chi connectivity index (χ1) is 18.5. The second kappa shape index (κ2) is 11.9. The predicted molar refractivity (Wildman–Crippen MR) is 168 cm³/mol. The molecule has 5 nitrogen and oxygen atoms in total. The summed E-state index contributed by atoms with van der Waals surface area (Å²) in [5.41, 5.74) is 3.40. The third-order valence-corrected chi connectivity index (χ3v) is 9.27. The number of carbonyl (C=O) groups is 1. The highest BCUT2D eigenvalue weighted by atomic mass is 127. The van der Waals surface area contributed by atoms with Crippen LogP contribution in [0.5, 0.6) is 5.75 Å². The van der Waals surface area contributed by atoms with E-state index in [4.69, 9.17) is 4.74 Å². The van der Waals surface area contributed by atoms with Crippen LogP contribution in [0.1, 0.15) is 40.0 Å². The van der Waals surface area contributed by atoms with Crippen molar-refractivity contribution in [1.82, 2.24) is 0 Å². The molecule has 0 saturated carbocycles. The number of carbonyl (C=O) groups excluding carboxylic acids is 1. The van der Waals surface area contributed by atoms with Gasteiger partial charge in [0.15, 0.2) is 0 Å². The standard InChI is InChI=1S/C30H21I2N3O2S/c31-25-13-18(14-26(32)28(25)37-17-20-8-5-7-19-6-1-2-9-22(19)20)12-21(15-33)29(36)35-30-24(16-34)23-10-3-4-11-27(23)38-30/h1-2,5-9,12-14H,3-4,10-11,17H2,(H,35,36)/b21-12+. The van der Waals surface area contributed by atoms with Crippen molar-refractivity contribution < 1.29 is 9.53 Å². The van der Waals surface area contributed by atoms with Crippen molar-refractivity contribution in [3.63, 3.8) is 0 Å². The number of ether oxygens (including phenoxy) is 1. The molecule has 8 heteroatoms. The molecular weight excluding hydrogens is 720 g/mol. The van der Waals surface area contributed by atoms with Crippen LogP contribution in [0.15, 0.2) is 60.2 Å². The van der Waals surface area contributed by atoms with Gasteiger partial charge in [-0.05, 0) is 117 Å². The highest BCUT2D eigenvalue weighted by Gasteiger charge is 2.23. The van der Waals surface area contributed by atoms with Crippen molar-refractivity contribution in [2.45, 2.75) is 32.3 Å². The van der Waals surface area contributed by atoms with Gasteiger partial charge in [0.1, 0.15) is 35.1 Å². The fourth-order valence-corrected chi connectivity index (χ4v) is 7.99. The third-order valence-electron chi connectivity index (χ3n) is 6.46. The van der Waals surface area contributed by atoms with Gasteiger partial charge < -0.3 is 10.1 Å². The van der Waals surface area contributed by atoms with Crippen molar-refractivity contribution in [2.24, 2.45) is 0 Å². The van der Waals surface area contributed by atoms with Crippen LogP contribution in [0.2, 0.25) is 0 Å². The minimum absolute atomic E-state index is 0.0173. The van der Waals surface area contributed by atoms with Gasteiger partial charge in [-0.3, -0.25) is 4.79 Å². The number of hydrogen-bond acceptors (Lipinski definition) is 5. The molecule has 188 valence electrons. The first kappa shape index (κ1) is 26.7. The summed E-state index contributed by atoms with van der Waals surface area (Å²) in [6.45, 7) is 0.431. The van der Waals surface area contributed by atoms with E-state index in [9.17, 15) is 15.3 Å². The molecule has 0 atom stereocenters. The summed E-state index contributed by atoms with van der Waals surface area (Å²) in [6.07, 6.45) is 5.50. The van der Waals surface area contributed by atoms with Crippen LogP contribution in [0.25, 0.3) is 16.8 Å². The van der Waals surface area contributed by atoms with E-state index >= 15 is 0 Å². The van der Waals surface area contributed by atoms with Crippen LogP contribution >= 0.6 is 56.5 Å². The quantitative estimate of drug-likeness (QED) is 0.123. The highest BCUT2D eigenvalue weighted by molar-refractivity contribution is 14.1. The Hall–Kier alpha value is -2.93. The van der Waals surface area contributed by atoms with Crippen molar-refractivity contribution in [3.8, 4) is 17.9 Å². The van der Waals surface area contributed by atoms with Crippen molar-refractivity contribution in [2.75, 3.05) is 5.32 Å². The minimum atomic E-state index is -0.510. The molecule has 1 aromatic heterocycles. The molecule has 4 aromatic rings. The largest absolute Gasteiger partial charge is 0.487 e. The van der Waals surface area contributed by atoms with Gasteiger partial charge in [-0.15, -0.1) is 11.3 Å². The Balaban J connectivity index is 1.35. The Morgan fingerprint density at radius 2 is 1.79 bits per heavy atom. The van der Waals surface area contributed by atoms with Crippen LogP contribution in [-0.4, -0.2) is 5.91 Å². The zero-order chi connectivity index (χ0) is 26.6. The number of thiophene rings is 1. The summed E-state index contributed by atoms with van der Waals surface area (Å²) in [6, 6.07) is 22.5. The fraction of sp³-hybridized carbons (Fsp3) is 0.167. The lowest BCUT2D eigenvalue weighted by Crippen LogP contribution is -2.13. The lowest BCUT2D eigenvalue weighted by Gasteiger charge is -2.13. The van der Waals surface area contributed by atoms with E-state index in [1.165, 1.54) is 16.7 Å². The Labute approximate surface area is 252 Å². The maximum atomic E-state index is 13.0. The second-order valence-electron chi connectivity index (χ2n) is 8.89. The fourth-order valence-electron chi connectivity index (χ4n) is 4.63. The molecule has 1 aliphatic carbocycles. The molecule has 1 N–H and O–H groups in total. The summed E-state index contributed by atoms with van der Waals surface area (Å²) in [5, 5.41) is 25.1. The maximum Gasteiger partial charge on any atom is 0.266 e. The number of aryl methyl sites for hydroxylation is 1. The molecule has 0 unspecified atom stereocenters. The van der Waals surface area contributed by atoms with Gasteiger partial charge >= 0.3 is 0 Å². The van der Waals surface area contributed by atoms with Gasteiger partial charge in [0.05, 0.1) is 12.7 Å². The zero-order valence-electron chi connectivity index (χ0n) is 20.2. The smallest absolute Gasteiger partial charge is 0.266 e. The number of amides is 1. The lowest BCUT2D eigenvalue weighted by molar-refractivity contribution is -0.112. The Kier molecular flexibility index (Phi) is 8.32. The van der Waals surface area contributed by atoms with E-state index in [0.717, 1.165) is 65.5 Å². The van der Waals surface area contributed by atoms with Gasteiger partial charge in [0, 0.05) is 4.88 Å². The van der Waals surface area contributed by atoms with Gasteiger partial charge in [-0.25, -0.2) is 0 Å². The van der Waals surface area contributed by atoms with E-state index in [0.29, 0.717) is 17.2 Å². The normalized spacial score (nSPS) is 12.9. The Bertz CT molecular complexity index is 1650. The summed E-state index contributed by atoms with van der Waals surface area (Å²) in [7, 11) is 0. The van der Waals surface area contributed by atoms with Crippen molar-refractivity contribution >= 4 is 84.3 Å². The Morgan fingerprint density at radius 3 is 2.55 bits per heavy atom. The van der Waals surface area contributed by atoms with Gasteiger partial charge in [-0.1, -0.05) is 42.5 Å². The lowest BCUT2D eigenvalue weighted by atomic mass is 9.96. The van der Waals surface area contributed by atoms with Crippen molar-refractivity contribution in [3.05, 3.63) is 94.4 Å². The first-order valence-electron chi connectivity index (χ1n) is 12.0. The van der Waals surface area contributed by atoms with Crippen LogP contribution < -0.4 is 10.1 Å². The SMILES string of the molecule is N#C/C(=C\c1cc(I)c(OCc2cccc3ccccc23)c(I)c1)C(=O)Nc1sc2c(c1C#N)CCCC2. The zero-order valence-corrected chi connectivity index (χ0v) is 25.3. The van der Waals surface area contributed by atoms with Crippen LogP contribution in [0.4, 0.5) is 5.00 Å². The average Bonchev–Trinajstić information content (AvgIpc) is 3.28. The van der Waals surface area contributed by atoms with E-state index in [-0.39, 0.29) is 5.57 Å². The van der Waals surface area contributed by atoms with Crippen LogP contribution in [0, 0.1) is 29.8 Å². The topological polar surface area (TPSA) is 85.9 Å². The molecular formula is C30H21I2N3O2S. The number of nitrogens with one attached hydrogen (secondary N) is 1. The van der Waals surface area contributed by atoms with Crippen LogP contribution in [0.3, 0.4) is 0 Å². The van der Waals surface area contributed by atoms with Gasteiger partial charge in [0.2, 0.25) is 0 Å². The number of anilines is 1. The average molecular weight is 741 g/mol. The number of halogens is 2. The van der Waals surface area contributed by atoms with Crippen LogP contribution in [-0.2, 0) is 24.2 Å². The summed E-state index contributed by atoms with van der Waals surface area (Å²) >= 11 is 5.89. The van der Waals surface area contributed by atoms with Gasteiger partial charge in [-0.2, -0.15) is 10.5 Å². The summed E-state index contributed by atoms with van der Waals surface area (Å²) < 4.78 is 8.00. The van der Waals surface area contributed by atoms with E-state index in [2.05, 4.69) is 80.8 Å². The van der Waals surface area contributed by atoms with E-state index in [1.54, 1.807) is 6.08 Å². The number of benzene rings is 3. The molecule has 1 amide bonds. The molecule has 1 aliphatic rings. The minimum Gasteiger partial charge on any atom is -0.487 e.